The molecule has 0 spiro atoms. The number of rotatable bonds is 5. The van der Waals surface area contributed by atoms with Gasteiger partial charge in [0.2, 0.25) is 5.91 Å². The van der Waals surface area contributed by atoms with Crippen molar-refractivity contribution in [3.05, 3.63) is 21.9 Å². The van der Waals surface area contributed by atoms with Crippen molar-refractivity contribution in [1.82, 2.24) is 5.32 Å². The molecule has 0 radical (unpaired) electrons. The summed E-state index contributed by atoms with van der Waals surface area (Å²) >= 11 is 1.54. The van der Waals surface area contributed by atoms with Gasteiger partial charge < -0.3 is 10.4 Å². The van der Waals surface area contributed by atoms with Gasteiger partial charge in [0.05, 0.1) is 11.4 Å². The van der Waals surface area contributed by atoms with Crippen molar-refractivity contribution in [3.8, 4) is 11.8 Å². The van der Waals surface area contributed by atoms with E-state index in [0.29, 0.717) is 13.0 Å². The van der Waals surface area contributed by atoms with Crippen LogP contribution in [0, 0.1) is 11.8 Å². The number of aliphatic hydroxyl groups excluding tert-OH is 1. The summed E-state index contributed by atoms with van der Waals surface area (Å²) in [5, 5.41) is 11.4. The minimum atomic E-state index is -0.124. The van der Waals surface area contributed by atoms with Crippen LogP contribution in [0.15, 0.2) is 12.1 Å². The van der Waals surface area contributed by atoms with E-state index < -0.39 is 0 Å². The summed E-state index contributed by atoms with van der Waals surface area (Å²) in [6.07, 6.45) is 2.57. The maximum atomic E-state index is 11.4. The number of amides is 1. The maximum absolute atomic E-state index is 11.4. The molecule has 17 heavy (non-hydrogen) atoms. The normalized spacial score (nSPS) is 9.53. The predicted molar refractivity (Wildman–Crippen MR) is 69.7 cm³/mol. The van der Waals surface area contributed by atoms with Crippen molar-refractivity contribution in [2.24, 2.45) is 0 Å². The average Bonchev–Trinajstić information content (AvgIpc) is 2.79. The molecule has 0 fully saturated rings. The SMILES string of the molecule is CCCCC(=O)NCc1ccc(C#CCO)s1. The summed E-state index contributed by atoms with van der Waals surface area (Å²) in [5.41, 5.74) is 0. The molecule has 0 saturated carbocycles. The van der Waals surface area contributed by atoms with E-state index in [1.807, 2.05) is 12.1 Å². The molecule has 92 valence electrons. The smallest absolute Gasteiger partial charge is 0.220 e. The third-order valence-electron chi connectivity index (χ3n) is 2.17. The summed E-state index contributed by atoms with van der Waals surface area (Å²) in [7, 11) is 0. The van der Waals surface area contributed by atoms with Gasteiger partial charge in [0.25, 0.3) is 0 Å². The second-order valence-electron chi connectivity index (χ2n) is 3.61. The summed E-state index contributed by atoms with van der Waals surface area (Å²) in [6.45, 7) is 2.51. The molecule has 1 amide bonds. The highest BCUT2D eigenvalue weighted by Crippen LogP contribution is 2.15. The van der Waals surface area contributed by atoms with Crippen LogP contribution in [0.2, 0.25) is 0 Å². The first-order chi connectivity index (χ1) is 8.26. The molecule has 1 heterocycles. The largest absolute Gasteiger partial charge is 0.384 e. The van der Waals surface area contributed by atoms with Crippen molar-refractivity contribution >= 4 is 17.2 Å². The Morgan fingerprint density at radius 2 is 2.35 bits per heavy atom. The molecule has 4 heteroatoms. The molecule has 0 unspecified atom stereocenters. The lowest BCUT2D eigenvalue weighted by Gasteiger charge is -2.01. The van der Waals surface area contributed by atoms with Gasteiger partial charge in [-0.1, -0.05) is 25.2 Å². The van der Waals surface area contributed by atoms with Crippen molar-refractivity contribution in [2.75, 3.05) is 6.61 Å². The molecular weight excluding hydrogens is 234 g/mol. The second-order valence-corrected chi connectivity index (χ2v) is 4.77. The van der Waals surface area contributed by atoms with Gasteiger partial charge in [-0.3, -0.25) is 4.79 Å². The Morgan fingerprint density at radius 3 is 3.06 bits per heavy atom. The third kappa shape index (κ3) is 5.53. The van der Waals surface area contributed by atoms with Crippen LogP contribution >= 0.6 is 11.3 Å². The minimum absolute atomic E-state index is 0.100. The standard InChI is InChI=1S/C13H17NO2S/c1-2-3-6-13(16)14-10-12-8-7-11(17-12)5-4-9-15/h7-8,15H,2-3,6,9-10H2,1H3,(H,14,16). The quantitative estimate of drug-likeness (QED) is 0.785. The zero-order chi connectivity index (χ0) is 12.5. The number of carbonyl (C=O) groups is 1. The van der Waals surface area contributed by atoms with Crippen LogP contribution in [0.25, 0.3) is 0 Å². The molecular formula is C13H17NO2S. The number of nitrogens with one attached hydrogen (secondary N) is 1. The van der Waals surface area contributed by atoms with Crippen LogP contribution in [0.1, 0.15) is 35.9 Å². The number of thiophene rings is 1. The first kappa shape index (κ1) is 13.8. The van der Waals surface area contributed by atoms with Crippen molar-refractivity contribution in [1.29, 1.82) is 0 Å². The number of hydrogen-bond donors (Lipinski definition) is 2. The predicted octanol–water partition coefficient (Wildman–Crippen LogP) is 1.90. The van der Waals surface area contributed by atoms with E-state index in [2.05, 4.69) is 24.1 Å². The number of hydrogen-bond acceptors (Lipinski definition) is 3. The maximum Gasteiger partial charge on any atom is 0.220 e. The highest BCUT2D eigenvalue weighted by Gasteiger charge is 2.02. The molecule has 0 aliphatic rings. The summed E-state index contributed by atoms with van der Waals surface area (Å²) < 4.78 is 0. The van der Waals surface area contributed by atoms with E-state index in [1.54, 1.807) is 0 Å². The van der Waals surface area contributed by atoms with Crippen molar-refractivity contribution in [2.45, 2.75) is 32.7 Å². The van der Waals surface area contributed by atoms with E-state index in [1.165, 1.54) is 11.3 Å². The fourth-order valence-electron chi connectivity index (χ4n) is 1.28. The van der Waals surface area contributed by atoms with Gasteiger partial charge in [-0.15, -0.1) is 11.3 Å². The molecule has 1 rings (SSSR count). The summed E-state index contributed by atoms with van der Waals surface area (Å²) in [6, 6.07) is 3.85. The monoisotopic (exact) mass is 251 g/mol. The lowest BCUT2D eigenvalue weighted by atomic mass is 10.2. The van der Waals surface area contributed by atoms with Gasteiger partial charge in [-0.25, -0.2) is 0 Å². The zero-order valence-electron chi connectivity index (χ0n) is 9.95. The zero-order valence-corrected chi connectivity index (χ0v) is 10.8. The molecule has 1 aromatic heterocycles. The minimum Gasteiger partial charge on any atom is -0.384 e. The van der Waals surface area contributed by atoms with E-state index >= 15 is 0 Å². The Morgan fingerprint density at radius 1 is 1.53 bits per heavy atom. The van der Waals surface area contributed by atoms with Crippen LogP contribution in [0.3, 0.4) is 0 Å². The fourth-order valence-corrected chi connectivity index (χ4v) is 2.10. The van der Waals surface area contributed by atoms with Gasteiger partial charge in [0.15, 0.2) is 0 Å². The van der Waals surface area contributed by atoms with Gasteiger partial charge in [0, 0.05) is 11.3 Å². The van der Waals surface area contributed by atoms with Crippen LogP contribution in [-0.4, -0.2) is 17.6 Å². The Hall–Kier alpha value is -1.31. The molecule has 0 aromatic carbocycles. The van der Waals surface area contributed by atoms with Crippen LogP contribution in [-0.2, 0) is 11.3 Å². The first-order valence-corrected chi connectivity index (χ1v) is 6.53. The topological polar surface area (TPSA) is 49.3 Å². The van der Waals surface area contributed by atoms with Crippen molar-refractivity contribution in [3.63, 3.8) is 0 Å². The Balaban J connectivity index is 2.36. The Labute approximate surface area is 106 Å². The lowest BCUT2D eigenvalue weighted by Crippen LogP contribution is -2.21. The number of unbranched alkanes of at least 4 members (excludes halogenated alkanes) is 1. The number of carbonyl (C=O) groups excluding carboxylic acids is 1. The molecule has 0 bridgehead atoms. The van der Waals surface area contributed by atoms with Gasteiger partial charge in [-0.05, 0) is 18.6 Å². The third-order valence-corrected chi connectivity index (χ3v) is 3.17. The second kappa shape index (κ2) is 7.88. The van der Waals surface area contributed by atoms with E-state index in [-0.39, 0.29) is 12.5 Å². The molecule has 2 N–H and O–H groups in total. The molecule has 0 atom stereocenters. The Kier molecular flexibility index (Phi) is 6.38. The molecule has 3 nitrogen and oxygen atoms in total. The van der Waals surface area contributed by atoms with E-state index in [0.717, 1.165) is 22.6 Å². The summed E-state index contributed by atoms with van der Waals surface area (Å²) in [5.74, 6) is 5.54. The highest BCUT2D eigenvalue weighted by atomic mass is 32.1. The van der Waals surface area contributed by atoms with E-state index in [4.69, 9.17) is 5.11 Å². The average molecular weight is 251 g/mol. The van der Waals surface area contributed by atoms with Gasteiger partial charge in [0.1, 0.15) is 6.61 Å². The van der Waals surface area contributed by atoms with Gasteiger partial charge >= 0.3 is 0 Å². The van der Waals surface area contributed by atoms with Crippen LogP contribution in [0.5, 0.6) is 0 Å². The molecule has 0 aliphatic heterocycles. The molecule has 0 aliphatic carbocycles. The highest BCUT2D eigenvalue weighted by molar-refractivity contribution is 7.12. The number of aliphatic hydroxyl groups is 1. The lowest BCUT2D eigenvalue weighted by molar-refractivity contribution is -0.121. The van der Waals surface area contributed by atoms with Crippen LogP contribution in [0.4, 0.5) is 0 Å². The molecule has 1 aromatic rings. The Bertz CT molecular complexity index is 415. The molecule has 0 saturated heterocycles. The fraction of sp³-hybridized carbons (Fsp3) is 0.462. The van der Waals surface area contributed by atoms with Crippen LogP contribution < -0.4 is 5.32 Å². The summed E-state index contributed by atoms with van der Waals surface area (Å²) in [4.78, 5) is 13.4. The van der Waals surface area contributed by atoms with E-state index in [9.17, 15) is 4.79 Å². The first-order valence-electron chi connectivity index (χ1n) is 5.71. The van der Waals surface area contributed by atoms with Crippen molar-refractivity contribution < 1.29 is 9.90 Å². The van der Waals surface area contributed by atoms with Gasteiger partial charge in [-0.2, -0.15) is 0 Å².